The molecule has 4 aromatic heterocycles. The van der Waals surface area contributed by atoms with Crippen LogP contribution in [0, 0.1) is 0 Å². The zero-order valence-corrected chi connectivity index (χ0v) is 36.1. The first-order chi connectivity index (χ1) is 33.2. The van der Waals surface area contributed by atoms with E-state index in [-0.39, 0.29) is 0 Å². The lowest BCUT2D eigenvalue weighted by Gasteiger charge is -2.30. The maximum absolute atomic E-state index is 5.07. The third kappa shape index (κ3) is 6.33. The highest BCUT2D eigenvalue weighted by atomic mass is 14.8. The summed E-state index contributed by atoms with van der Waals surface area (Å²) in [6.45, 7) is 0. The Balaban J connectivity index is 0.986. The fourth-order valence-corrected chi connectivity index (χ4v) is 10.5. The van der Waals surface area contributed by atoms with Gasteiger partial charge in [-0.2, -0.15) is 0 Å². The molecule has 0 saturated carbocycles. The summed E-state index contributed by atoms with van der Waals surface area (Å²) < 4.78 is 0. The maximum Gasteiger partial charge on any atom is 0.115 e. The molecular formula is C61H38N6. The Morgan fingerprint density at radius 1 is 0.239 bits per heavy atom. The van der Waals surface area contributed by atoms with Crippen molar-refractivity contribution in [2.45, 2.75) is 5.41 Å². The highest BCUT2D eigenvalue weighted by molar-refractivity contribution is 5.96. The average molecular weight is 855 g/mol. The van der Waals surface area contributed by atoms with Crippen molar-refractivity contribution in [3.8, 4) is 101 Å². The molecule has 0 N–H and O–H groups in total. The summed E-state index contributed by atoms with van der Waals surface area (Å²) in [5.41, 5.74) is 23.9. The quantitative estimate of drug-likeness (QED) is 0.159. The summed E-state index contributed by atoms with van der Waals surface area (Å²) in [5.74, 6) is 0. The van der Waals surface area contributed by atoms with Gasteiger partial charge < -0.3 is 0 Å². The molecule has 0 atom stereocenters. The Bertz CT molecular complexity index is 3510. The largest absolute Gasteiger partial charge is 0.248 e. The fourth-order valence-electron chi connectivity index (χ4n) is 10.5. The van der Waals surface area contributed by atoms with E-state index in [0.717, 1.165) is 78.4 Å². The van der Waals surface area contributed by atoms with E-state index in [1.165, 1.54) is 57.2 Å². The maximum atomic E-state index is 5.07. The normalized spacial score (nSPS) is 12.6. The number of hydrogen-bond acceptors (Lipinski definition) is 6. The molecule has 13 rings (SSSR count). The van der Waals surface area contributed by atoms with Crippen molar-refractivity contribution < 1.29 is 0 Å². The zero-order valence-electron chi connectivity index (χ0n) is 36.1. The van der Waals surface area contributed by atoms with Crippen LogP contribution in [0.3, 0.4) is 0 Å². The molecule has 1 spiro atoms. The van der Waals surface area contributed by atoms with E-state index in [9.17, 15) is 0 Å². The van der Waals surface area contributed by atoms with Crippen molar-refractivity contribution in [1.29, 1.82) is 0 Å². The van der Waals surface area contributed by atoms with E-state index in [1.807, 2.05) is 24.3 Å². The molecule has 7 aromatic carbocycles. The first-order valence-corrected chi connectivity index (χ1v) is 22.4. The average Bonchev–Trinajstić information content (AvgIpc) is 3.88. The number of fused-ring (bicyclic) bond motifs is 10. The van der Waals surface area contributed by atoms with Crippen molar-refractivity contribution >= 4 is 0 Å². The van der Waals surface area contributed by atoms with Gasteiger partial charge in [-0.05, 0) is 139 Å². The molecule has 0 saturated heterocycles. The van der Waals surface area contributed by atoms with Crippen LogP contribution < -0.4 is 0 Å². The van der Waals surface area contributed by atoms with Gasteiger partial charge in [0.2, 0.25) is 0 Å². The molecule has 0 bridgehead atoms. The minimum Gasteiger partial charge on any atom is -0.248 e. The van der Waals surface area contributed by atoms with Crippen LogP contribution >= 0.6 is 0 Å². The van der Waals surface area contributed by atoms with E-state index in [0.29, 0.717) is 0 Å². The molecule has 312 valence electrons. The fraction of sp³-hybridized carbons (Fsp3) is 0.0164. The van der Waals surface area contributed by atoms with Crippen LogP contribution in [0.5, 0.6) is 0 Å². The molecule has 0 aliphatic heterocycles. The SMILES string of the molecule is c1cc(-c2cc(-c3cccc(-c4cccc(-c5cncnc5)n4)c3)cc(-c3ccc4c(c3)C3(c5ccccc5-c5ccccc53)c3ccccc3-4)c2)cc(-c2cccc(-c3cncnc3)n2)c1. The first kappa shape index (κ1) is 38.5. The van der Waals surface area contributed by atoms with Crippen molar-refractivity contribution in [2.75, 3.05) is 0 Å². The summed E-state index contributed by atoms with van der Waals surface area (Å²) in [5, 5.41) is 0. The molecule has 67 heavy (non-hydrogen) atoms. The highest BCUT2D eigenvalue weighted by Gasteiger charge is 2.51. The minimum atomic E-state index is -0.445. The van der Waals surface area contributed by atoms with E-state index in [2.05, 4.69) is 190 Å². The Hall–Kier alpha value is -9.00. The van der Waals surface area contributed by atoms with Crippen LogP contribution in [0.25, 0.3) is 101 Å². The second kappa shape index (κ2) is 15.6. The third-order valence-electron chi connectivity index (χ3n) is 13.5. The van der Waals surface area contributed by atoms with E-state index in [1.54, 1.807) is 24.8 Å². The van der Waals surface area contributed by atoms with Crippen LogP contribution in [-0.4, -0.2) is 29.9 Å². The van der Waals surface area contributed by atoms with Gasteiger partial charge in [-0.25, -0.2) is 29.9 Å². The Morgan fingerprint density at radius 3 is 1.03 bits per heavy atom. The van der Waals surface area contributed by atoms with Crippen molar-refractivity contribution in [3.05, 3.63) is 254 Å². The van der Waals surface area contributed by atoms with Gasteiger partial charge in [-0.1, -0.05) is 133 Å². The lowest BCUT2D eigenvalue weighted by Crippen LogP contribution is -2.25. The van der Waals surface area contributed by atoms with Gasteiger partial charge >= 0.3 is 0 Å². The van der Waals surface area contributed by atoms with Gasteiger partial charge in [0.15, 0.2) is 0 Å². The molecule has 0 unspecified atom stereocenters. The molecule has 6 nitrogen and oxygen atoms in total. The van der Waals surface area contributed by atoms with Crippen molar-refractivity contribution in [1.82, 2.24) is 29.9 Å². The van der Waals surface area contributed by atoms with Gasteiger partial charge in [0.05, 0.1) is 28.2 Å². The number of pyridine rings is 2. The molecule has 2 aliphatic rings. The van der Waals surface area contributed by atoms with Gasteiger partial charge in [-0.15, -0.1) is 0 Å². The van der Waals surface area contributed by atoms with E-state index in [4.69, 9.17) is 9.97 Å². The summed E-state index contributed by atoms with van der Waals surface area (Å²) in [6, 6.07) is 70.7. The van der Waals surface area contributed by atoms with Gasteiger partial charge in [0, 0.05) is 47.0 Å². The Kier molecular flexibility index (Phi) is 8.96. The van der Waals surface area contributed by atoms with Crippen LogP contribution in [-0.2, 0) is 5.41 Å². The highest BCUT2D eigenvalue weighted by Crippen LogP contribution is 2.63. The standard InChI is InChI=1S/C61H38N6/c1-4-18-53-49(15-1)50-16-2-5-19-54(50)61(53)55-20-6-3-17-51(55)52-26-25-41(32-56(52)61)46-30-44(39-11-7-13-42(27-39)57-21-9-23-59(66-57)47-33-62-37-63-34-47)29-45(31-46)40-12-8-14-43(28-40)58-22-10-24-60(67-58)48-35-64-38-65-36-48/h1-38H. The summed E-state index contributed by atoms with van der Waals surface area (Å²) in [7, 11) is 0. The Morgan fingerprint density at radius 2 is 0.582 bits per heavy atom. The Labute approximate surface area is 388 Å². The van der Waals surface area contributed by atoms with Crippen LogP contribution in [0.1, 0.15) is 22.3 Å². The lowest BCUT2D eigenvalue weighted by atomic mass is 9.70. The smallest absolute Gasteiger partial charge is 0.115 e. The number of hydrogen-bond donors (Lipinski definition) is 0. The second-order valence-electron chi connectivity index (χ2n) is 17.2. The molecule has 4 heterocycles. The van der Waals surface area contributed by atoms with E-state index >= 15 is 0 Å². The first-order valence-electron chi connectivity index (χ1n) is 22.4. The van der Waals surface area contributed by atoms with Gasteiger partial charge in [-0.3, -0.25) is 0 Å². The molecule has 0 radical (unpaired) electrons. The molecule has 0 amide bonds. The van der Waals surface area contributed by atoms with E-state index < -0.39 is 5.41 Å². The van der Waals surface area contributed by atoms with Gasteiger partial charge in [0.25, 0.3) is 0 Å². The summed E-state index contributed by atoms with van der Waals surface area (Å²) >= 11 is 0. The monoisotopic (exact) mass is 854 g/mol. The molecule has 0 fully saturated rings. The molecule has 2 aliphatic carbocycles. The molecule has 11 aromatic rings. The third-order valence-corrected chi connectivity index (χ3v) is 13.5. The molecule has 6 heteroatoms. The molecular weight excluding hydrogens is 817 g/mol. The number of nitrogens with zero attached hydrogens (tertiary/aromatic N) is 6. The zero-order chi connectivity index (χ0) is 44.3. The van der Waals surface area contributed by atoms with Crippen molar-refractivity contribution in [3.63, 3.8) is 0 Å². The van der Waals surface area contributed by atoms with Crippen molar-refractivity contribution in [2.24, 2.45) is 0 Å². The second-order valence-corrected chi connectivity index (χ2v) is 17.2. The van der Waals surface area contributed by atoms with Gasteiger partial charge in [0.1, 0.15) is 12.7 Å². The van der Waals surface area contributed by atoms with Crippen LogP contribution in [0.2, 0.25) is 0 Å². The number of benzene rings is 7. The number of aromatic nitrogens is 6. The summed E-state index contributed by atoms with van der Waals surface area (Å²) in [4.78, 5) is 27.1. The predicted molar refractivity (Wildman–Crippen MR) is 268 cm³/mol. The lowest BCUT2D eigenvalue weighted by molar-refractivity contribution is 0.794. The topological polar surface area (TPSA) is 77.3 Å². The number of rotatable bonds is 7. The summed E-state index contributed by atoms with van der Waals surface area (Å²) in [6.07, 6.45) is 10.3. The van der Waals surface area contributed by atoms with Crippen LogP contribution in [0.15, 0.2) is 232 Å². The minimum absolute atomic E-state index is 0.445. The predicted octanol–water partition coefficient (Wildman–Crippen LogP) is 14.1. The van der Waals surface area contributed by atoms with Crippen LogP contribution in [0.4, 0.5) is 0 Å².